The zero-order valence-electron chi connectivity index (χ0n) is 10.2. The van der Waals surface area contributed by atoms with Gasteiger partial charge in [-0.15, -0.1) is 0 Å². The first-order valence-electron chi connectivity index (χ1n) is 6.88. The number of hydrogen-bond donors (Lipinski definition) is 1. The van der Waals surface area contributed by atoms with Crippen LogP contribution in [0.15, 0.2) is 0 Å². The number of nitrogens with zero attached hydrogens (tertiary/aromatic N) is 1. The van der Waals surface area contributed by atoms with Crippen molar-refractivity contribution >= 4 is 0 Å². The summed E-state index contributed by atoms with van der Waals surface area (Å²) in [7, 11) is 0. The van der Waals surface area contributed by atoms with E-state index < -0.39 is 0 Å². The Balaban J connectivity index is 1.78. The molecule has 3 rings (SSSR count). The number of hydrogen-bond acceptors (Lipinski definition) is 3. The maximum atomic E-state index is 6.15. The van der Waals surface area contributed by atoms with Gasteiger partial charge in [0.05, 0.1) is 6.61 Å². The fourth-order valence-corrected chi connectivity index (χ4v) is 4.37. The summed E-state index contributed by atoms with van der Waals surface area (Å²) in [5.74, 6) is 1.85. The van der Waals surface area contributed by atoms with E-state index in [2.05, 4.69) is 4.90 Å². The molecule has 16 heavy (non-hydrogen) atoms. The Kier molecular flexibility index (Phi) is 2.94. The third kappa shape index (κ3) is 1.60. The molecule has 2 saturated carbocycles. The molecule has 2 bridgehead atoms. The van der Waals surface area contributed by atoms with Crippen LogP contribution in [0.5, 0.6) is 0 Å². The van der Waals surface area contributed by atoms with E-state index in [1.54, 1.807) is 0 Å². The molecule has 0 spiro atoms. The average Bonchev–Trinajstić information content (AvgIpc) is 2.80. The summed E-state index contributed by atoms with van der Waals surface area (Å²) in [5.41, 5.74) is 6.50. The molecule has 1 saturated heterocycles. The van der Waals surface area contributed by atoms with Crippen LogP contribution in [-0.4, -0.2) is 43.3 Å². The van der Waals surface area contributed by atoms with Crippen LogP contribution in [0.2, 0.25) is 0 Å². The fraction of sp³-hybridized carbons (Fsp3) is 1.00. The molecule has 0 aromatic carbocycles. The van der Waals surface area contributed by atoms with Crippen LogP contribution in [0.3, 0.4) is 0 Å². The van der Waals surface area contributed by atoms with Crippen LogP contribution in [-0.2, 0) is 4.74 Å². The number of fused-ring (bicyclic) bond motifs is 2. The highest BCUT2D eigenvalue weighted by atomic mass is 16.5. The molecule has 3 atom stereocenters. The SMILES string of the molecule is NCC1(N2CCCOCC2)CC2CCC1C2. The predicted molar refractivity (Wildman–Crippen MR) is 64.2 cm³/mol. The summed E-state index contributed by atoms with van der Waals surface area (Å²) in [6.45, 7) is 4.99. The van der Waals surface area contributed by atoms with Gasteiger partial charge in [-0.1, -0.05) is 6.42 Å². The van der Waals surface area contributed by atoms with Crippen LogP contribution in [0.25, 0.3) is 0 Å². The molecule has 3 unspecified atom stereocenters. The molecule has 92 valence electrons. The van der Waals surface area contributed by atoms with Crippen molar-refractivity contribution in [3.05, 3.63) is 0 Å². The van der Waals surface area contributed by atoms with Crippen LogP contribution in [0.4, 0.5) is 0 Å². The molecule has 0 aromatic rings. The van der Waals surface area contributed by atoms with Crippen LogP contribution >= 0.6 is 0 Å². The number of rotatable bonds is 2. The van der Waals surface area contributed by atoms with E-state index in [4.69, 9.17) is 10.5 Å². The second-order valence-corrected chi connectivity index (χ2v) is 5.84. The second kappa shape index (κ2) is 4.28. The third-order valence-electron chi connectivity index (χ3n) is 5.15. The van der Waals surface area contributed by atoms with Gasteiger partial charge in [-0.3, -0.25) is 4.90 Å². The van der Waals surface area contributed by atoms with E-state index in [1.807, 2.05) is 0 Å². The van der Waals surface area contributed by atoms with Crippen molar-refractivity contribution < 1.29 is 4.74 Å². The lowest BCUT2D eigenvalue weighted by Crippen LogP contribution is -2.57. The van der Waals surface area contributed by atoms with Crippen molar-refractivity contribution in [1.29, 1.82) is 0 Å². The average molecular weight is 224 g/mol. The first-order chi connectivity index (χ1) is 7.85. The molecular formula is C13H24N2O. The highest BCUT2D eigenvalue weighted by Crippen LogP contribution is 2.53. The standard InChI is InChI=1S/C13H24N2O/c14-10-13(9-11-2-3-12(13)8-11)15-4-1-6-16-7-5-15/h11-12H,1-10,14H2. The van der Waals surface area contributed by atoms with Gasteiger partial charge in [-0.25, -0.2) is 0 Å². The van der Waals surface area contributed by atoms with Crippen LogP contribution in [0, 0.1) is 11.8 Å². The van der Waals surface area contributed by atoms with Gasteiger partial charge in [0, 0.05) is 31.8 Å². The molecule has 3 nitrogen and oxygen atoms in total. The quantitative estimate of drug-likeness (QED) is 0.766. The second-order valence-electron chi connectivity index (χ2n) is 5.84. The van der Waals surface area contributed by atoms with Gasteiger partial charge in [-0.05, 0) is 37.5 Å². The van der Waals surface area contributed by atoms with Gasteiger partial charge in [0.1, 0.15) is 0 Å². The van der Waals surface area contributed by atoms with Crippen LogP contribution < -0.4 is 5.73 Å². The van der Waals surface area contributed by atoms with Crippen molar-refractivity contribution in [2.45, 2.75) is 37.6 Å². The number of nitrogens with two attached hydrogens (primary N) is 1. The minimum absolute atomic E-state index is 0.344. The third-order valence-corrected chi connectivity index (χ3v) is 5.15. The highest BCUT2D eigenvalue weighted by Gasteiger charge is 2.52. The van der Waals surface area contributed by atoms with Crippen molar-refractivity contribution in [1.82, 2.24) is 4.90 Å². The van der Waals surface area contributed by atoms with Gasteiger partial charge in [0.15, 0.2) is 0 Å². The van der Waals surface area contributed by atoms with Gasteiger partial charge < -0.3 is 10.5 Å². The maximum Gasteiger partial charge on any atom is 0.0593 e. The Morgan fingerprint density at radius 2 is 2.19 bits per heavy atom. The van der Waals surface area contributed by atoms with Gasteiger partial charge in [0.25, 0.3) is 0 Å². The molecule has 1 heterocycles. The first kappa shape index (κ1) is 11.0. The van der Waals surface area contributed by atoms with Crippen molar-refractivity contribution in [2.75, 3.05) is 32.8 Å². The summed E-state index contributed by atoms with van der Waals surface area (Å²) in [6, 6.07) is 0. The lowest BCUT2D eigenvalue weighted by molar-refractivity contribution is 0.0379. The molecule has 3 aliphatic rings. The summed E-state index contributed by atoms with van der Waals surface area (Å²) in [6.07, 6.45) is 6.85. The maximum absolute atomic E-state index is 6.15. The fourth-order valence-electron chi connectivity index (χ4n) is 4.37. The smallest absolute Gasteiger partial charge is 0.0593 e. The Labute approximate surface area is 98.3 Å². The zero-order chi connectivity index (χ0) is 11.0. The predicted octanol–water partition coefficient (Wildman–Crippen LogP) is 1.23. The minimum atomic E-state index is 0.344. The van der Waals surface area contributed by atoms with Crippen molar-refractivity contribution in [3.63, 3.8) is 0 Å². The van der Waals surface area contributed by atoms with E-state index in [1.165, 1.54) is 38.6 Å². The van der Waals surface area contributed by atoms with Crippen LogP contribution in [0.1, 0.15) is 32.1 Å². The lowest BCUT2D eigenvalue weighted by atomic mass is 9.79. The number of ether oxygens (including phenoxy) is 1. The molecule has 0 aromatic heterocycles. The summed E-state index contributed by atoms with van der Waals surface area (Å²) >= 11 is 0. The van der Waals surface area contributed by atoms with E-state index in [0.29, 0.717) is 5.54 Å². The van der Waals surface area contributed by atoms with Crippen molar-refractivity contribution in [3.8, 4) is 0 Å². The highest BCUT2D eigenvalue weighted by molar-refractivity contribution is 5.08. The first-order valence-corrected chi connectivity index (χ1v) is 6.88. The summed E-state index contributed by atoms with van der Waals surface area (Å²) in [5, 5.41) is 0. The molecule has 3 heteroatoms. The van der Waals surface area contributed by atoms with Gasteiger partial charge in [0.2, 0.25) is 0 Å². The minimum Gasteiger partial charge on any atom is -0.380 e. The topological polar surface area (TPSA) is 38.5 Å². The van der Waals surface area contributed by atoms with E-state index in [9.17, 15) is 0 Å². The van der Waals surface area contributed by atoms with Crippen molar-refractivity contribution in [2.24, 2.45) is 17.6 Å². The van der Waals surface area contributed by atoms with E-state index in [-0.39, 0.29) is 0 Å². The Morgan fingerprint density at radius 1 is 1.25 bits per heavy atom. The summed E-state index contributed by atoms with van der Waals surface area (Å²) < 4.78 is 5.57. The molecule has 1 aliphatic heterocycles. The van der Waals surface area contributed by atoms with E-state index >= 15 is 0 Å². The molecule has 2 aliphatic carbocycles. The monoisotopic (exact) mass is 224 g/mol. The van der Waals surface area contributed by atoms with Gasteiger partial charge in [-0.2, -0.15) is 0 Å². The summed E-state index contributed by atoms with van der Waals surface area (Å²) in [4.78, 5) is 2.67. The zero-order valence-corrected chi connectivity index (χ0v) is 10.2. The Bertz CT molecular complexity index is 250. The molecule has 0 radical (unpaired) electrons. The molecule has 3 fully saturated rings. The Hall–Kier alpha value is -0.120. The molecule has 0 amide bonds. The van der Waals surface area contributed by atoms with E-state index in [0.717, 1.165) is 38.1 Å². The molecular weight excluding hydrogens is 200 g/mol. The Morgan fingerprint density at radius 3 is 2.88 bits per heavy atom. The largest absolute Gasteiger partial charge is 0.380 e. The normalized spacial score (nSPS) is 44.8. The lowest BCUT2D eigenvalue weighted by Gasteiger charge is -2.46. The molecule has 2 N–H and O–H groups in total. The van der Waals surface area contributed by atoms with Gasteiger partial charge >= 0.3 is 0 Å².